The third kappa shape index (κ3) is 1.88. The van der Waals surface area contributed by atoms with Crippen LogP contribution in [0.4, 0.5) is 17.6 Å². The molecular formula is C9H8F4N4O. The van der Waals surface area contributed by atoms with Gasteiger partial charge in [-0.3, -0.25) is 14.3 Å². The zero-order valence-electron chi connectivity index (χ0n) is 8.98. The Morgan fingerprint density at radius 2 is 2.06 bits per heavy atom. The Bertz CT molecular complexity index is 505. The Labute approximate surface area is 98.5 Å². The van der Waals surface area contributed by atoms with Crippen molar-refractivity contribution in [3.63, 3.8) is 0 Å². The van der Waals surface area contributed by atoms with E-state index in [4.69, 9.17) is 0 Å². The lowest BCUT2D eigenvalue weighted by molar-refractivity contribution is -0.354. The molecule has 9 heteroatoms. The maximum absolute atomic E-state index is 14.0. The Kier molecular flexibility index (Phi) is 2.25. The molecule has 18 heavy (non-hydrogen) atoms. The summed E-state index contributed by atoms with van der Waals surface area (Å²) in [6.45, 7) is -0.242. The normalized spacial score (nSPS) is 25.0. The predicted molar refractivity (Wildman–Crippen MR) is 50.7 cm³/mol. The van der Waals surface area contributed by atoms with Gasteiger partial charge >= 0.3 is 6.36 Å². The van der Waals surface area contributed by atoms with E-state index in [1.165, 1.54) is 6.21 Å². The largest absolute Gasteiger partial charge is 0.524 e. The summed E-state index contributed by atoms with van der Waals surface area (Å²) in [7, 11) is 0. The van der Waals surface area contributed by atoms with Gasteiger partial charge in [-0.15, -0.1) is 23.4 Å². The Hall–Kier alpha value is -1.51. The van der Waals surface area contributed by atoms with Crippen molar-refractivity contribution in [3.8, 4) is 0 Å². The van der Waals surface area contributed by atoms with Gasteiger partial charge in [0.2, 0.25) is 0 Å². The van der Waals surface area contributed by atoms with Crippen LogP contribution >= 0.6 is 0 Å². The van der Waals surface area contributed by atoms with Crippen LogP contribution in [0.15, 0.2) is 4.99 Å². The summed E-state index contributed by atoms with van der Waals surface area (Å²) in [5.74, 6) is -0.0349. The summed E-state index contributed by atoms with van der Waals surface area (Å²) in [4.78, 5) is 3.70. The van der Waals surface area contributed by atoms with E-state index in [1.54, 1.807) is 0 Å². The van der Waals surface area contributed by atoms with E-state index >= 15 is 0 Å². The first-order chi connectivity index (χ1) is 8.39. The number of ether oxygens (including phenoxy) is 1. The average molecular weight is 264 g/mol. The first kappa shape index (κ1) is 11.6. The fourth-order valence-electron chi connectivity index (χ4n) is 1.86. The number of hydrogen-bond acceptors (Lipinski definition) is 4. The van der Waals surface area contributed by atoms with Crippen LogP contribution in [0.2, 0.25) is 0 Å². The summed E-state index contributed by atoms with van der Waals surface area (Å²) in [6.07, 6.45) is -4.52. The third-order valence-corrected chi connectivity index (χ3v) is 2.84. The molecule has 1 aliphatic heterocycles. The van der Waals surface area contributed by atoms with Crippen LogP contribution in [0.25, 0.3) is 0 Å². The van der Waals surface area contributed by atoms with E-state index < -0.39 is 18.3 Å². The minimum atomic E-state index is -4.82. The predicted octanol–water partition coefficient (Wildman–Crippen LogP) is 1.70. The summed E-state index contributed by atoms with van der Waals surface area (Å²) >= 11 is 0. The van der Waals surface area contributed by atoms with Crippen molar-refractivity contribution < 1.29 is 22.3 Å². The van der Waals surface area contributed by atoms with E-state index in [9.17, 15) is 17.6 Å². The first-order valence-corrected chi connectivity index (χ1v) is 5.28. The molecule has 2 aliphatic rings. The van der Waals surface area contributed by atoms with Crippen molar-refractivity contribution in [3.05, 3.63) is 11.6 Å². The number of aromatic nitrogens is 3. The highest BCUT2D eigenvalue weighted by atomic mass is 19.4. The number of nitrogens with zero attached hydrogens (tertiary/aromatic N) is 4. The standard InChI is InChI=1S/C9H8F4N4O/c10-8(1-2-8)7-16-15-5-3-14-4-6(17(5)7)18-9(11,12)13/h3,6H,1-2,4H2. The number of fused-ring (bicyclic) bond motifs is 1. The molecule has 1 aliphatic carbocycles. The molecule has 2 heterocycles. The van der Waals surface area contributed by atoms with Gasteiger partial charge in [0.15, 0.2) is 23.5 Å². The average Bonchev–Trinajstić information content (AvgIpc) is 2.86. The minimum Gasteiger partial charge on any atom is -0.285 e. The van der Waals surface area contributed by atoms with E-state index in [0.717, 1.165) is 4.57 Å². The highest BCUT2D eigenvalue weighted by molar-refractivity contribution is 5.75. The smallest absolute Gasteiger partial charge is 0.285 e. The van der Waals surface area contributed by atoms with Gasteiger partial charge in [-0.1, -0.05) is 0 Å². The molecule has 1 saturated carbocycles. The molecule has 0 N–H and O–H groups in total. The number of halogens is 4. The van der Waals surface area contributed by atoms with Crippen molar-refractivity contribution in [2.24, 2.45) is 4.99 Å². The Morgan fingerprint density at radius 3 is 2.67 bits per heavy atom. The van der Waals surface area contributed by atoms with Crippen molar-refractivity contribution in [1.82, 2.24) is 14.8 Å². The van der Waals surface area contributed by atoms with Gasteiger partial charge in [-0.2, -0.15) is 0 Å². The van der Waals surface area contributed by atoms with E-state index in [1.807, 2.05) is 0 Å². The summed E-state index contributed by atoms with van der Waals surface area (Å²) in [6, 6.07) is 0. The lowest BCUT2D eigenvalue weighted by atomic mass is 10.3. The molecule has 0 amide bonds. The maximum Gasteiger partial charge on any atom is 0.524 e. The Balaban J connectivity index is 1.98. The van der Waals surface area contributed by atoms with Crippen molar-refractivity contribution in [1.29, 1.82) is 0 Å². The summed E-state index contributed by atoms with van der Waals surface area (Å²) in [5, 5.41) is 7.23. The monoisotopic (exact) mass is 264 g/mol. The molecule has 1 unspecified atom stereocenters. The number of aliphatic imine (C=N–C) groups is 1. The Morgan fingerprint density at radius 1 is 1.33 bits per heavy atom. The van der Waals surface area contributed by atoms with Gasteiger partial charge in [-0.25, -0.2) is 4.39 Å². The molecule has 0 bridgehead atoms. The second-order valence-corrected chi connectivity index (χ2v) is 4.23. The third-order valence-electron chi connectivity index (χ3n) is 2.84. The quantitative estimate of drug-likeness (QED) is 0.764. The molecule has 1 aromatic rings. The zero-order chi connectivity index (χ0) is 13.0. The molecule has 98 valence electrons. The summed E-state index contributed by atoms with van der Waals surface area (Å²) < 4.78 is 55.7. The lowest BCUT2D eigenvalue weighted by Crippen LogP contribution is -2.30. The van der Waals surface area contributed by atoms with Gasteiger partial charge in [0, 0.05) is 0 Å². The summed E-state index contributed by atoms with van der Waals surface area (Å²) in [5.41, 5.74) is -1.68. The van der Waals surface area contributed by atoms with Crippen LogP contribution in [-0.4, -0.2) is 33.9 Å². The number of hydrogen-bond donors (Lipinski definition) is 0. The van der Waals surface area contributed by atoms with Crippen molar-refractivity contribution in [2.45, 2.75) is 31.1 Å². The van der Waals surface area contributed by atoms with Gasteiger partial charge < -0.3 is 0 Å². The fourth-order valence-corrected chi connectivity index (χ4v) is 1.86. The van der Waals surface area contributed by atoms with Crippen LogP contribution in [0.3, 0.4) is 0 Å². The SMILES string of the molecule is FC(F)(F)OC1CN=Cc2nnc(C3(F)CC3)n21. The van der Waals surface area contributed by atoms with Crippen LogP contribution < -0.4 is 0 Å². The number of rotatable bonds is 2. The highest BCUT2D eigenvalue weighted by Gasteiger charge is 2.51. The molecule has 0 saturated heterocycles. The van der Waals surface area contributed by atoms with E-state index in [0.29, 0.717) is 0 Å². The van der Waals surface area contributed by atoms with Crippen LogP contribution in [-0.2, 0) is 10.4 Å². The fraction of sp³-hybridized carbons (Fsp3) is 0.667. The second kappa shape index (κ2) is 3.50. The molecule has 0 radical (unpaired) electrons. The van der Waals surface area contributed by atoms with Crippen molar-refractivity contribution in [2.75, 3.05) is 6.54 Å². The van der Waals surface area contributed by atoms with Gasteiger partial charge in [0.1, 0.15) is 0 Å². The molecule has 0 aromatic carbocycles. The first-order valence-electron chi connectivity index (χ1n) is 5.28. The maximum atomic E-state index is 14.0. The van der Waals surface area contributed by atoms with Crippen molar-refractivity contribution >= 4 is 6.21 Å². The van der Waals surface area contributed by atoms with E-state index in [-0.39, 0.29) is 31.0 Å². The van der Waals surface area contributed by atoms with E-state index in [2.05, 4.69) is 19.9 Å². The molecule has 5 nitrogen and oxygen atoms in total. The molecule has 1 fully saturated rings. The molecular weight excluding hydrogens is 256 g/mol. The zero-order valence-corrected chi connectivity index (χ0v) is 8.98. The molecule has 0 spiro atoms. The van der Waals surface area contributed by atoms with Crippen LogP contribution in [0, 0.1) is 0 Å². The van der Waals surface area contributed by atoms with Gasteiger partial charge in [0.25, 0.3) is 0 Å². The van der Waals surface area contributed by atoms with Crippen LogP contribution in [0.5, 0.6) is 0 Å². The molecule has 1 atom stereocenters. The highest BCUT2D eigenvalue weighted by Crippen LogP contribution is 2.49. The molecule has 3 rings (SSSR count). The molecule has 1 aromatic heterocycles. The minimum absolute atomic E-state index is 0.0782. The van der Waals surface area contributed by atoms with Crippen LogP contribution in [0.1, 0.15) is 30.7 Å². The number of alkyl halides is 4. The van der Waals surface area contributed by atoms with Gasteiger partial charge in [-0.05, 0) is 12.8 Å². The second-order valence-electron chi connectivity index (χ2n) is 4.23. The lowest BCUT2D eigenvalue weighted by Gasteiger charge is -2.24. The van der Waals surface area contributed by atoms with Gasteiger partial charge in [0.05, 0.1) is 12.8 Å². The topological polar surface area (TPSA) is 52.3 Å².